The predicted octanol–water partition coefficient (Wildman–Crippen LogP) is 4.60. The van der Waals surface area contributed by atoms with Gasteiger partial charge in [-0.1, -0.05) is 19.9 Å². The zero-order valence-electron chi connectivity index (χ0n) is 15.0. The zero-order valence-corrected chi connectivity index (χ0v) is 15.0. The van der Waals surface area contributed by atoms with E-state index < -0.39 is 4.92 Å². The molecule has 0 aliphatic carbocycles. The van der Waals surface area contributed by atoms with Gasteiger partial charge in [0, 0.05) is 11.6 Å². The minimum Gasteiger partial charge on any atom is -0.496 e. The molecule has 0 saturated carbocycles. The lowest BCUT2D eigenvalue weighted by molar-refractivity contribution is -0.385. The Morgan fingerprint density at radius 3 is 2.48 bits per heavy atom. The number of nitro benzene ring substituents is 1. The molecule has 132 valence electrons. The Bertz CT molecular complexity index is 828. The van der Waals surface area contributed by atoms with Crippen LogP contribution in [0.2, 0.25) is 0 Å². The number of anilines is 1. The largest absolute Gasteiger partial charge is 0.496 e. The van der Waals surface area contributed by atoms with E-state index >= 15 is 0 Å². The summed E-state index contributed by atoms with van der Waals surface area (Å²) in [5.74, 6) is 0.642. The Morgan fingerprint density at radius 1 is 1.24 bits per heavy atom. The van der Waals surface area contributed by atoms with Crippen molar-refractivity contribution in [1.82, 2.24) is 0 Å². The molecule has 1 amide bonds. The van der Waals surface area contributed by atoms with E-state index in [1.54, 1.807) is 26.2 Å². The number of carbonyl (C=O) groups excluding carboxylic acids is 1. The van der Waals surface area contributed by atoms with Crippen LogP contribution in [-0.4, -0.2) is 17.9 Å². The van der Waals surface area contributed by atoms with Crippen LogP contribution in [-0.2, 0) is 0 Å². The van der Waals surface area contributed by atoms with E-state index in [-0.39, 0.29) is 17.5 Å². The number of rotatable bonds is 5. The van der Waals surface area contributed by atoms with Crippen LogP contribution in [0, 0.1) is 24.0 Å². The summed E-state index contributed by atoms with van der Waals surface area (Å²) in [6.07, 6.45) is 0. The highest BCUT2D eigenvalue weighted by molar-refractivity contribution is 6.06. The first kappa shape index (κ1) is 18.4. The first-order chi connectivity index (χ1) is 11.8. The summed E-state index contributed by atoms with van der Waals surface area (Å²) in [4.78, 5) is 23.3. The molecule has 6 nitrogen and oxygen atoms in total. The quantitative estimate of drug-likeness (QED) is 0.636. The molecule has 25 heavy (non-hydrogen) atoms. The number of hydrogen-bond acceptors (Lipinski definition) is 4. The van der Waals surface area contributed by atoms with Crippen molar-refractivity contribution in [3.8, 4) is 5.75 Å². The highest BCUT2D eigenvalue weighted by Gasteiger charge is 2.19. The molecular weight excluding hydrogens is 320 g/mol. The molecule has 0 fully saturated rings. The number of amides is 1. The number of nitro groups is 1. The van der Waals surface area contributed by atoms with Crippen molar-refractivity contribution in [2.24, 2.45) is 0 Å². The smallest absolute Gasteiger partial charge is 0.274 e. The summed E-state index contributed by atoms with van der Waals surface area (Å²) < 4.78 is 5.40. The number of benzene rings is 2. The van der Waals surface area contributed by atoms with Crippen LogP contribution in [0.1, 0.15) is 46.8 Å². The van der Waals surface area contributed by atoms with Crippen LogP contribution < -0.4 is 10.1 Å². The summed E-state index contributed by atoms with van der Waals surface area (Å²) in [6.45, 7) is 7.51. The second kappa shape index (κ2) is 7.34. The van der Waals surface area contributed by atoms with Crippen LogP contribution >= 0.6 is 0 Å². The molecule has 0 saturated heterocycles. The highest BCUT2D eigenvalue weighted by Crippen LogP contribution is 2.31. The van der Waals surface area contributed by atoms with E-state index in [4.69, 9.17) is 4.74 Å². The molecule has 0 radical (unpaired) electrons. The van der Waals surface area contributed by atoms with Gasteiger partial charge in [-0.05, 0) is 49.1 Å². The summed E-state index contributed by atoms with van der Waals surface area (Å²) in [5.41, 5.74) is 3.08. The fourth-order valence-electron chi connectivity index (χ4n) is 2.72. The second-order valence-corrected chi connectivity index (χ2v) is 6.22. The van der Waals surface area contributed by atoms with Gasteiger partial charge in [-0.3, -0.25) is 14.9 Å². The van der Waals surface area contributed by atoms with Gasteiger partial charge in [0.25, 0.3) is 11.6 Å². The summed E-state index contributed by atoms with van der Waals surface area (Å²) in [5, 5.41) is 13.8. The van der Waals surface area contributed by atoms with Crippen LogP contribution in [0.3, 0.4) is 0 Å². The highest BCUT2D eigenvalue weighted by atomic mass is 16.6. The average molecular weight is 342 g/mol. The van der Waals surface area contributed by atoms with Crippen LogP contribution in [0.25, 0.3) is 0 Å². The molecule has 0 atom stereocenters. The normalized spacial score (nSPS) is 10.6. The number of ether oxygens (including phenoxy) is 1. The first-order valence-corrected chi connectivity index (χ1v) is 8.00. The van der Waals surface area contributed by atoms with Crippen molar-refractivity contribution >= 4 is 17.3 Å². The lowest BCUT2D eigenvalue weighted by atomic mass is 9.96. The maximum absolute atomic E-state index is 12.7. The number of aryl methyl sites for hydroxylation is 1. The lowest BCUT2D eigenvalue weighted by Gasteiger charge is -2.16. The number of carbonyl (C=O) groups is 1. The van der Waals surface area contributed by atoms with Gasteiger partial charge in [0.2, 0.25) is 0 Å². The monoisotopic (exact) mass is 342 g/mol. The minimum absolute atomic E-state index is 0.0212. The third kappa shape index (κ3) is 3.79. The van der Waals surface area contributed by atoms with Gasteiger partial charge >= 0.3 is 0 Å². The lowest BCUT2D eigenvalue weighted by Crippen LogP contribution is -2.15. The molecule has 6 heteroatoms. The van der Waals surface area contributed by atoms with Crippen molar-refractivity contribution in [3.63, 3.8) is 0 Å². The van der Waals surface area contributed by atoms with E-state index in [0.29, 0.717) is 16.8 Å². The van der Waals surface area contributed by atoms with Gasteiger partial charge in [-0.25, -0.2) is 0 Å². The van der Waals surface area contributed by atoms with Crippen LogP contribution in [0.5, 0.6) is 5.75 Å². The summed E-state index contributed by atoms with van der Waals surface area (Å²) in [7, 11) is 1.60. The topological polar surface area (TPSA) is 81.5 Å². The van der Waals surface area contributed by atoms with Crippen molar-refractivity contribution in [1.29, 1.82) is 0 Å². The van der Waals surface area contributed by atoms with Gasteiger partial charge in [0.1, 0.15) is 5.75 Å². The van der Waals surface area contributed by atoms with Gasteiger partial charge in [0.15, 0.2) is 0 Å². The van der Waals surface area contributed by atoms with E-state index in [0.717, 1.165) is 16.9 Å². The van der Waals surface area contributed by atoms with Crippen molar-refractivity contribution in [2.75, 3.05) is 12.4 Å². The molecular formula is C19H22N2O4. The molecule has 2 rings (SSSR count). The number of methoxy groups -OCH3 is 1. The van der Waals surface area contributed by atoms with Gasteiger partial charge < -0.3 is 10.1 Å². The molecule has 0 bridgehead atoms. The number of hydrogen-bond donors (Lipinski definition) is 1. The molecule has 1 N–H and O–H groups in total. The third-order valence-corrected chi connectivity index (χ3v) is 4.19. The number of nitrogens with zero attached hydrogens (tertiary/aromatic N) is 1. The van der Waals surface area contributed by atoms with E-state index in [1.165, 1.54) is 6.07 Å². The molecule has 0 spiro atoms. The molecule has 2 aromatic rings. The predicted molar refractivity (Wildman–Crippen MR) is 97.6 cm³/mol. The fourth-order valence-corrected chi connectivity index (χ4v) is 2.72. The molecule has 0 unspecified atom stereocenters. The van der Waals surface area contributed by atoms with E-state index in [9.17, 15) is 14.9 Å². The number of nitrogens with one attached hydrogen (secondary N) is 1. The summed E-state index contributed by atoms with van der Waals surface area (Å²) >= 11 is 0. The van der Waals surface area contributed by atoms with E-state index in [1.807, 2.05) is 32.9 Å². The Morgan fingerprint density at radius 2 is 1.92 bits per heavy atom. The maximum Gasteiger partial charge on any atom is 0.274 e. The Balaban J connectivity index is 2.41. The van der Waals surface area contributed by atoms with Crippen molar-refractivity contribution in [3.05, 3.63) is 62.7 Å². The molecule has 0 aromatic heterocycles. The Kier molecular flexibility index (Phi) is 5.41. The van der Waals surface area contributed by atoms with Gasteiger partial charge in [-0.2, -0.15) is 0 Å². The third-order valence-electron chi connectivity index (χ3n) is 4.19. The standard InChI is InChI=1S/C19H22N2O4/c1-11(2)14-10-15(12(3)9-18(14)25-5)19(22)20-16-7-6-8-17(13(16)4)21(23)24/h6-11H,1-5H3,(H,20,22). The van der Waals surface area contributed by atoms with Gasteiger partial charge in [0.05, 0.1) is 23.3 Å². The van der Waals surface area contributed by atoms with Crippen LogP contribution in [0.15, 0.2) is 30.3 Å². The minimum atomic E-state index is -0.458. The first-order valence-electron chi connectivity index (χ1n) is 8.00. The van der Waals surface area contributed by atoms with Crippen molar-refractivity contribution in [2.45, 2.75) is 33.6 Å². The molecule has 0 heterocycles. The van der Waals surface area contributed by atoms with Crippen LogP contribution in [0.4, 0.5) is 11.4 Å². The SMILES string of the molecule is COc1cc(C)c(C(=O)Nc2cccc([N+](=O)[O-])c2C)cc1C(C)C. The molecule has 2 aromatic carbocycles. The zero-order chi connectivity index (χ0) is 18.7. The van der Waals surface area contributed by atoms with Gasteiger partial charge in [-0.15, -0.1) is 0 Å². The summed E-state index contributed by atoms with van der Waals surface area (Å²) in [6, 6.07) is 8.29. The van der Waals surface area contributed by atoms with E-state index in [2.05, 4.69) is 5.32 Å². The van der Waals surface area contributed by atoms with Crippen molar-refractivity contribution < 1.29 is 14.5 Å². The maximum atomic E-state index is 12.7. The Hall–Kier alpha value is -2.89. The second-order valence-electron chi connectivity index (χ2n) is 6.22. The average Bonchev–Trinajstić information content (AvgIpc) is 2.55. The Labute approximate surface area is 147 Å². The molecule has 0 aliphatic rings. The fraction of sp³-hybridized carbons (Fsp3) is 0.316. The molecule has 0 aliphatic heterocycles.